The van der Waals surface area contributed by atoms with Crippen molar-refractivity contribution in [2.24, 2.45) is 7.05 Å². The van der Waals surface area contributed by atoms with Gasteiger partial charge >= 0.3 is 5.69 Å². The Morgan fingerprint density at radius 1 is 1.18 bits per heavy atom. The summed E-state index contributed by atoms with van der Waals surface area (Å²) in [7, 11) is 1.52. The number of carbonyl (C=O) groups excluding carboxylic acids is 1. The molecule has 3 aromatic heterocycles. The van der Waals surface area contributed by atoms with Crippen LogP contribution in [0.1, 0.15) is 12.2 Å². The number of amides is 1. The fraction of sp³-hybridized carbons (Fsp3) is 0.167. The molecule has 0 unspecified atom stereocenters. The molecule has 1 aromatic carbocycles. The molecule has 0 spiro atoms. The third-order valence-electron chi connectivity index (χ3n) is 4.21. The zero-order valence-electron chi connectivity index (χ0n) is 14.9. The SMILES string of the molecule is Cn1c(=O)[nH]c(=O)c2[nH]c(CCC(=O)Nc3nc(-c4ccccc4)cs3)nc21. The van der Waals surface area contributed by atoms with Gasteiger partial charge in [-0.25, -0.2) is 14.8 Å². The molecule has 0 atom stereocenters. The first kappa shape index (κ1) is 17.9. The highest BCUT2D eigenvalue weighted by Gasteiger charge is 2.13. The second-order valence-electron chi connectivity index (χ2n) is 6.15. The lowest BCUT2D eigenvalue weighted by Gasteiger charge is -2.00. The van der Waals surface area contributed by atoms with E-state index in [4.69, 9.17) is 0 Å². The zero-order valence-corrected chi connectivity index (χ0v) is 15.7. The first-order valence-corrected chi connectivity index (χ1v) is 9.38. The van der Waals surface area contributed by atoms with Gasteiger partial charge in [0, 0.05) is 30.8 Å². The van der Waals surface area contributed by atoms with Crippen LogP contribution in [0.3, 0.4) is 0 Å². The number of rotatable bonds is 5. The summed E-state index contributed by atoms with van der Waals surface area (Å²) in [6, 6.07) is 9.71. The van der Waals surface area contributed by atoms with Crippen molar-refractivity contribution in [3.63, 3.8) is 0 Å². The third-order valence-corrected chi connectivity index (χ3v) is 4.97. The fourth-order valence-electron chi connectivity index (χ4n) is 2.76. The van der Waals surface area contributed by atoms with Crippen LogP contribution in [0.15, 0.2) is 45.3 Å². The van der Waals surface area contributed by atoms with Gasteiger partial charge in [-0.15, -0.1) is 11.3 Å². The Morgan fingerprint density at radius 2 is 1.96 bits per heavy atom. The molecule has 4 aromatic rings. The van der Waals surface area contributed by atoms with E-state index in [9.17, 15) is 14.4 Å². The Kier molecular flexibility index (Phi) is 4.62. The van der Waals surface area contributed by atoms with E-state index in [1.54, 1.807) is 0 Å². The van der Waals surface area contributed by atoms with Crippen molar-refractivity contribution in [1.82, 2.24) is 24.5 Å². The minimum Gasteiger partial charge on any atom is -0.336 e. The van der Waals surface area contributed by atoms with Crippen molar-refractivity contribution < 1.29 is 4.79 Å². The Balaban J connectivity index is 1.43. The van der Waals surface area contributed by atoms with Gasteiger partial charge in [-0.3, -0.25) is 19.1 Å². The summed E-state index contributed by atoms with van der Waals surface area (Å²) in [5.74, 6) is 0.248. The largest absolute Gasteiger partial charge is 0.336 e. The van der Waals surface area contributed by atoms with Gasteiger partial charge in [-0.2, -0.15) is 0 Å². The van der Waals surface area contributed by atoms with Crippen LogP contribution in [-0.2, 0) is 18.3 Å². The minimum atomic E-state index is -0.536. The molecule has 0 aliphatic rings. The number of benzene rings is 1. The molecule has 3 N–H and O–H groups in total. The number of aromatic nitrogens is 5. The number of nitrogens with one attached hydrogen (secondary N) is 3. The Bertz CT molecular complexity index is 1270. The van der Waals surface area contributed by atoms with Crippen LogP contribution in [-0.4, -0.2) is 30.4 Å². The molecule has 10 heteroatoms. The molecule has 3 heterocycles. The molecule has 0 bridgehead atoms. The highest BCUT2D eigenvalue weighted by atomic mass is 32.1. The van der Waals surface area contributed by atoms with E-state index in [1.165, 1.54) is 23.0 Å². The number of nitrogens with zero attached hydrogens (tertiary/aromatic N) is 3. The van der Waals surface area contributed by atoms with Gasteiger partial charge < -0.3 is 10.3 Å². The second-order valence-corrected chi connectivity index (χ2v) is 7.01. The van der Waals surface area contributed by atoms with Crippen molar-refractivity contribution >= 4 is 33.5 Å². The number of thiazole rings is 1. The number of aromatic amines is 2. The molecule has 0 aliphatic heterocycles. The topological polar surface area (TPSA) is 126 Å². The maximum absolute atomic E-state index is 12.2. The summed E-state index contributed by atoms with van der Waals surface area (Å²) in [5, 5.41) is 5.18. The van der Waals surface area contributed by atoms with Gasteiger partial charge in [0.05, 0.1) is 5.69 Å². The number of anilines is 1. The number of aryl methyl sites for hydroxylation is 2. The summed E-state index contributed by atoms with van der Waals surface area (Å²) in [6.07, 6.45) is 0.455. The number of fused-ring (bicyclic) bond motifs is 1. The lowest BCUT2D eigenvalue weighted by molar-refractivity contribution is -0.116. The molecule has 4 rings (SSSR count). The quantitative estimate of drug-likeness (QED) is 0.473. The van der Waals surface area contributed by atoms with Crippen LogP contribution >= 0.6 is 11.3 Å². The van der Waals surface area contributed by atoms with E-state index in [2.05, 4.69) is 25.3 Å². The summed E-state index contributed by atoms with van der Waals surface area (Å²) in [6.45, 7) is 0. The van der Waals surface area contributed by atoms with E-state index >= 15 is 0 Å². The Morgan fingerprint density at radius 3 is 2.75 bits per heavy atom. The van der Waals surface area contributed by atoms with Crippen LogP contribution in [0.25, 0.3) is 22.4 Å². The molecular weight excluding hydrogens is 380 g/mol. The smallest absolute Gasteiger partial charge is 0.329 e. The van der Waals surface area contributed by atoms with E-state index in [0.29, 0.717) is 17.4 Å². The standard InChI is InChI=1S/C18H16N6O3S/c1-24-15-14(16(26)23-18(24)27)20-12(21-15)7-8-13(25)22-17-19-11(9-28-17)10-5-3-2-4-6-10/h2-6,9H,7-8H2,1H3,(H,20,21)(H,19,22,25)(H,23,26,27). The zero-order chi connectivity index (χ0) is 19.7. The number of carbonyl (C=O) groups is 1. The van der Waals surface area contributed by atoms with Crippen molar-refractivity contribution in [2.75, 3.05) is 5.32 Å². The normalized spacial score (nSPS) is 11.0. The van der Waals surface area contributed by atoms with Crippen molar-refractivity contribution in [3.05, 3.63) is 62.4 Å². The maximum Gasteiger partial charge on any atom is 0.329 e. The van der Waals surface area contributed by atoms with Crippen molar-refractivity contribution in [3.8, 4) is 11.3 Å². The molecular formula is C18H16N6O3S. The number of imidazole rings is 1. The molecule has 28 heavy (non-hydrogen) atoms. The predicted molar refractivity (Wildman–Crippen MR) is 106 cm³/mol. The van der Waals surface area contributed by atoms with E-state index < -0.39 is 11.2 Å². The van der Waals surface area contributed by atoms with Gasteiger partial charge in [-0.05, 0) is 0 Å². The fourth-order valence-corrected chi connectivity index (χ4v) is 3.49. The Labute approximate surface area is 162 Å². The second kappa shape index (κ2) is 7.24. The molecule has 0 fully saturated rings. The van der Waals surface area contributed by atoms with Crippen LogP contribution in [0.2, 0.25) is 0 Å². The first-order chi connectivity index (χ1) is 13.5. The third kappa shape index (κ3) is 3.49. The molecule has 142 valence electrons. The van der Waals surface area contributed by atoms with Gasteiger partial charge in [0.25, 0.3) is 5.56 Å². The molecule has 9 nitrogen and oxygen atoms in total. The summed E-state index contributed by atoms with van der Waals surface area (Å²) >= 11 is 1.35. The van der Waals surface area contributed by atoms with E-state index in [-0.39, 0.29) is 23.5 Å². The average Bonchev–Trinajstić information content (AvgIpc) is 3.33. The summed E-state index contributed by atoms with van der Waals surface area (Å²) in [5.41, 5.74) is 1.20. The minimum absolute atomic E-state index is 0.159. The summed E-state index contributed by atoms with van der Waals surface area (Å²) in [4.78, 5) is 49.4. The lowest BCUT2D eigenvalue weighted by atomic mass is 10.2. The maximum atomic E-state index is 12.2. The van der Waals surface area contributed by atoms with Gasteiger partial charge in [-0.1, -0.05) is 30.3 Å². The van der Waals surface area contributed by atoms with Gasteiger partial charge in [0.1, 0.15) is 11.3 Å². The van der Waals surface area contributed by atoms with Crippen LogP contribution in [0.5, 0.6) is 0 Å². The van der Waals surface area contributed by atoms with Crippen LogP contribution in [0.4, 0.5) is 5.13 Å². The average molecular weight is 396 g/mol. The number of hydrogen-bond donors (Lipinski definition) is 3. The van der Waals surface area contributed by atoms with Crippen molar-refractivity contribution in [2.45, 2.75) is 12.8 Å². The van der Waals surface area contributed by atoms with E-state index in [0.717, 1.165) is 11.3 Å². The first-order valence-electron chi connectivity index (χ1n) is 8.50. The molecule has 0 radical (unpaired) electrons. The monoisotopic (exact) mass is 396 g/mol. The molecule has 0 aliphatic carbocycles. The summed E-state index contributed by atoms with van der Waals surface area (Å²) < 4.78 is 1.25. The lowest BCUT2D eigenvalue weighted by Crippen LogP contribution is -2.28. The van der Waals surface area contributed by atoms with E-state index in [1.807, 2.05) is 35.7 Å². The number of hydrogen-bond acceptors (Lipinski definition) is 6. The van der Waals surface area contributed by atoms with Crippen LogP contribution in [0, 0.1) is 0 Å². The molecule has 0 saturated heterocycles. The highest BCUT2D eigenvalue weighted by Crippen LogP contribution is 2.24. The molecule has 1 amide bonds. The number of H-pyrrole nitrogens is 2. The van der Waals surface area contributed by atoms with Gasteiger partial charge in [0.15, 0.2) is 10.8 Å². The highest BCUT2D eigenvalue weighted by molar-refractivity contribution is 7.14. The Hall–Kier alpha value is -3.53. The van der Waals surface area contributed by atoms with Gasteiger partial charge in [0.2, 0.25) is 5.91 Å². The molecule has 0 saturated carbocycles. The van der Waals surface area contributed by atoms with Crippen molar-refractivity contribution in [1.29, 1.82) is 0 Å². The predicted octanol–water partition coefficient (Wildman–Crippen LogP) is 1.64. The van der Waals surface area contributed by atoms with Crippen LogP contribution < -0.4 is 16.6 Å².